The second kappa shape index (κ2) is 3.43. The summed E-state index contributed by atoms with van der Waals surface area (Å²) in [6.07, 6.45) is -4.71. The van der Waals surface area contributed by atoms with E-state index in [1.807, 2.05) is 0 Å². The molecule has 0 spiro atoms. The van der Waals surface area contributed by atoms with Gasteiger partial charge in [0.25, 0.3) is 0 Å². The van der Waals surface area contributed by atoms with Crippen molar-refractivity contribution in [1.82, 2.24) is 0 Å². The van der Waals surface area contributed by atoms with Gasteiger partial charge in [0.1, 0.15) is 5.82 Å². The molecule has 16 heavy (non-hydrogen) atoms. The highest BCUT2D eigenvalue weighted by molar-refractivity contribution is 5.34. The number of nitrogens with two attached hydrogens (primary N) is 1. The Morgan fingerprint density at radius 3 is 2.31 bits per heavy atom. The van der Waals surface area contributed by atoms with Gasteiger partial charge in [-0.2, -0.15) is 13.2 Å². The molecule has 0 aromatic heterocycles. The summed E-state index contributed by atoms with van der Waals surface area (Å²) in [5.41, 5.74) is 3.14. The summed E-state index contributed by atoms with van der Waals surface area (Å²) < 4.78 is 55.7. The third kappa shape index (κ3) is 1.68. The van der Waals surface area contributed by atoms with Crippen molar-refractivity contribution in [2.75, 3.05) is 13.2 Å². The van der Waals surface area contributed by atoms with E-state index in [-0.39, 0.29) is 18.8 Å². The highest BCUT2D eigenvalue weighted by Gasteiger charge is 2.42. The van der Waals surface area contributed by atoms with E-state index in [1.165, 1.54) is 6.07 Å². The first-order valence-electron chi connectivity index (χ1n) is 4.57. The predicted octanol–water partition coefficient (Wildman–Crippen LogP) is 2.03. The fourth-order valence-electron chi connectivity index (χ4n) is 1.61. The van der Waals surface area contributed by atoms with Gasteiger partial charge in [0.2, 0.25) is 0 Å². The van der Waals surface area contributed by atoms with E-state index in [0.717, 1.165) is 6.07 Å². The third-order valence-corrected chi connectivity index (χ3v) is 2.56. The topological polar surface area (TPSA) is 35.2 Å². The van der Waals surface area contributed by atoms with Gasteiger partial charge in [-0.05, 0) is 6.07 Å². The molecule has 0 amide bonds. The van der Waals surface area contributed by atoms with Crippen molar-refractivity contribution in [2.45, 2.75) is 11.7 Å². The van der Waals surface area contributed by atoms with Crippen LogP contribution in [0.2, 0.25) is 0 Å². The lowest BCUT2D eigenvalue weighted by Gasteiger charge is -2.38. The van der Waals surface area contributed by atoms with E-state index < -0.39 is 23.1 Å². The summed E-state index contributed by atoms with van der Waals surface area (Å²) >= 11 is 0. The fraction of sp³-hybridized carbons (Fsp3) is 0.400. The Labute approximate surface area is 89.0 Å². The monoisotopic (exact) mass is 235 g/mol. The average molecular weight is 235 g/mol. The molecular formula is C10H9F4NO. The van der Waals surface area contributed by atoms with E-state index in [1.54, 1.807) is 0 Å². The van der Waals surface area contributed by atoms with E-state index >= 15 is 0 Å². The molecule has 88 valence electrons. The number of hydrogen-bond acceptors (Lipinski definition) is 2. The lowest BCUT2D eigenvalue weighted by molar-refractivity contribution is -0.140. The summed E-state index contributed by atoms with van der Waals surface area (Å²) in [5, 5.41) is 0. The molecule has 0 unspecified atom stereocenters. The molecule has 1 aliphatic heterocycles. The molecule has 1 aromatic carbocycles. The van der Waals surface area contributed by atoms with Gasteiger partial charge >= 0.3 is 6.18 Å². The smallest absolute Gasteiger partial charge is 0.377 e. The standard InChI is InChI=1S/C10H9F4NO/c11-8-6(9(15)4-16-5-9)2-1-3-7(8)10(12,13)14/h1-3H,4-5,15H2. The molecule has 2 rings (SSSR count). The molecule has 1 saturated heterocycles. The second-order valence-electron chi connectivity index (χ2n) is 3.81. The van der Waals surface area contributed by atoms with E-state index in [4.69, 9.17) is 10.5 Å². The molecule has 2 nitrogen and oxygen atoms in total. The van der Waals surface area contributed by atoms with Crippen LogP contribution < -0.4 is 5.73 Å². The average Bonchev–Trinajstić information content (AvgIpc) is 2.13. The first-order valence-corrected chi connectivity index (χ1v) is 4.57. The van der Waals surface area contributed by atoms with Crippen molar-refractivity contribution in [3.8, 4) is 0 Å². The zero-order valence-electron chi connectivity index (χ0n) is 8.14. The van der Waals surface area contributed by atoms with E-state index in [9.17, 15) is 17.6 Å². The first-order chi connectivity index (χ1) is 7.34. The van der Waals surface area contributed by atoms with Crippen LogP contribution in [0.1, 0.15) is 11.1 Å². The second-order valence-corrected chi connectivity index (χ2v) is 3.81. The zero-order chi connectivity index (χ0) is 12.0. The van der Waals surface area contributed by atoms with Crippen LogP contribution in [0.15, 0.2) is 18.2 Å². The molecule has 1 aromatic rings. The number of hydrogen-bond donors (Lipinski definition) is 1. The number of alkyl halides is 3. The predicted molar refractivity (Wildman–Crippen MR) is 48.1 cm³/mol. The van der Waals surface area contributed by atoms with Crippen LogP contribution in [0.4, 0.5) is 17.6 Å². The largest absolute Gasteiger partial charge is 0.419 e. The number of halogens is 4. The molecule has 0 bridgehead atoms. The molecule has 0 saturated carbocycles. The van der Waals surface area contributed by atoms with Crippen LogP contribution in [-0.4, -0.2) is 13.2 Å². The molecule has 0 radical (unpaired) electrons. The Hall–Kier alpha value is -1.14. The Kier molecular flexibility index (Phi) is 2.43. The van der Waals surface area contributed by atoms with Crippen LogP contribution in [-0.2, 0) is 16.5 Å². The SMILES string of the molecule is NC1(c2cccc(C(F)(F)F)c2F)COC1. The van der Waals surface area contributed by atoms with E-state index in [2.05, 4.69) is 0 Å². The summed E-state index contributed by atoms with van der Waals surface area (Å²) in [4.78, 5) is 0. The van der Waals surface area contributed by atoms with Crippen LogP contribution in [0.3, 0.4) is 0 Å². The third-order valence-electron chi connectivity index (χ3n) is 2.56. The summed E-state index contributed by atoms with van der Waals surface area (Å²) in [7, 11) is 0. The van der Waals surface area contributed by atoms with Gasteiger partial charge in [-0.15, -0.1) is 0 Å². The Morgan fingerprint density at radius 2 is 1.88 bits per heavy atom. The Balaban J connectivity index is 2.49. The molecular weight excluding hydrogens is 226 g/mol. The van der Waals surface area contributed by atoms with Crippen LogP contribution in [0.25, 0.3) is 0 Å². The summed E-state index contributed by atoms with van der Waals surface area (Å²) in [6, 6.07) is 3.10. The van der Waals surface area contributed by atoms with Gasteiger partial charge < -0.3 is 10.5 Å². The van der Waals surface area contributed by atoms with Crippen molar-refractivity contribution in [1.29, 1.82) is 0 Å². The maximum atomic E-state index is 13.6. The van der Waals surface area contributed by atoms with Crippen LogP contribution in [0.5, 0.6) is 0 Å². The van der Waals surface area contributed by atoms with Gasteiger partial charge in [0.15, 0.2) is 0 Å². The van der Waals surface area contributed by atoms with Crippen molar-refractivity contribution < 1.29 is 22.3 Å². The molecule has 1 aliphatic rings. The molecule has 2 N–H and O–H groups in total. The summed E-state index contributed by atoms with van der Waals surface area (Å²) in [5.74, 6) is -1.30. The van der Waals surface area contributed by atoms with Gasteiger partial charge in [-0.25, -0.2) is 4.39 Å². The lowest BCUT2D eigenvalue weighted by atomic mass is 9.87. The number of ether oxygens (including phenoxy) is 1. The highest BCUT2D eigenvalue weighted by Crippen LogP contribution is 2.36. The van der Waals surface area contributed by atoms with Gasteiger partial charge in [-0.1, -0.05) is 12.1 Å². The molecule has 0 atom stereocenters. The maximum Gasteiger partial charge on any atom is 0.419 e. The minimum absolute atomic E-state index is 0.0330. The van der Waals surface area contributed by atoms with Crippen LogP contribution in [0, 0.1) is 5.82 Å². The van der Waals surface area contributed by atoms with Crippen molar-refractivity contribution in [2.24, 2.45) is 5.73 Å². The van der Waals surface area contributed by atoms with Gasteiger partial charge in [-0.3, -0.25) is 0 Å². The minimum atomic E-state index is -4.71. The quantitative estimate of drug-likeness (QED) is 0.756. The van der Waals surface area contributed by atoms with Crippen molar-refractivity contribution >= 4 is 0 Å². The fourth-order valence-corrected chi connectivity index (χ4v) is 1.61. The highest BCUT2D eigenvalue weighted by atomic mass is 19.4. The van der Waals surface area contributed by atoms with Gasteiger partial charge in [0, 0.05) is 5.56 Å². The number of rotatable bonds is 1. The van der Waals surface area contributed by atoms with E-state index in [0.29, 0.717) is 6.07 Å². The molecule has 1 fully saturated rings. The minimum Gasteiger partial charge on any atom is -0.377 e. The first kappa shape index (κ1) is 11.3. The van der Waals surface area contributed by atoms with Gasteiger partial charge in [0.05, 0.1) is 24.3 Å². The summed E-state index contributed by atoms with van der Waals surface area (Å²) in [6.45, 7) is 0.0659. The zero-order valence-corrected chi connectivity index (χ0v) is 8.14. The maximum absolute atomic E-state index is 13.6. The number of benzene rings is 1. The van der Waals surface area contributed by atoms with Crippen molar-refractivity contribution in [3.63, 3.8) is 0 Å². The Morgan fingerprint density at radius 1 is 1.25 bits per heavy atom. The Bertz CT molecular complexity index is 412. The lowest BCUT2D eigenvalue weighted by Crippen LogP contribution is -2.54. The molecule has 1 heterocycles. The van der Waals surface area contributed by atoms with Crippen LogP contribution >= 0.6 is 0 Å². The molecule has 0 aliphatic carbocycles. The van der Waals surface area contributed by atoms with Crippen molar-refractivity contribution in [3.05, 3.63) is 35.1 Å². The normalized spacial score (nSPS) is 19.3. The molecule has 6 heteroatoms.